The van der Waals surface area contributed by atoms with Gasteiger partial charge in [-0.15, -0.1) is 22.7 Å². The fourth-order valence-electron chi connectivity index (χ4n) is 2.79. The predicted molar refractivity (Wildman–Crippen MR) is 108 cm³/mol. The van der Waals surface area contributed by atoms with Crippen molar-refractivity contribution in [3.8, 4) is 16.5 Å². The summed E-state index contributed by atoms with van der Waals surface area (Å²) in [5.41, 5.74) is 0.808. The normalized spacial score (nSPS) is 10.8. The number of aromatic nitrogens is 2. The molecule has 0 atom stereocenters. The zero-order valence-corrected chi connectivity index (χ0v) is 16.4. The second kappa shape index (κ2) is 7.95. The number of rotatable bonds is 5. The first-order valence-corrected chi connectivity index (χ1v) is 10.2. The van der Waals surface area contributed by atoms with Crippen molar-refractivity contribution in [1.29, 1.82) is 5.26 Å². The lowest BCUT2D eigenvalue weighted by Crippen LogP contribution is -2.25. The van der Waals surface area contributed by atoms with Gasteiger partial charge in [0.15, 0.2) is 0 Å². The van der Waals surface area contributed by atoms with E-state index in [2.05, 4.69) is 4.98 Å². The second-order valence-electron chi connectivity index (χ2n) is 6.06. The SMILES string of the molecule is N#Cc1ccc(F)c(COC(=O)Cn2cnc3scc(-c4cccs4)c3c2=O)c1. The molecular weight excluding hydrogens is 413 g/mol. The molecule has 0 amide bonds. The third-order valence-electron chi connectivity index (χ3n) is 4.21. The van der Waals surface area contributed by atoms with Crippen molar-refractivity contribution < 1.29 is 13.9 Å². The van der Waals surface area contributed by atoms with Gasteiger partial charge in [0.05, 0.1) is 23.3 Å². The summed E-state index contributed by atoms with van der Waals surface area (Å²) in [6.07, 6.45) is 1.30. The molecular formula is C20H12FN3O3S2. The van der Waals surface area contributed by atoms with Crippen LogP contribution >= 0.6 is 22.7 Å². The molecule has 0 aliphatic heterocycles. The van der Waals surface area contributed by atoms with E-state index in [1.165, 1.54) is 45.7 Å². The first-order valence-electron chi connectivity index (χ1n) is 8.41. The summed E-state index contributed by atoms with van der Waals surface area (Å²) in [6, 6.07) is 9.53. The lowest BCUT2D eigenvalue weighted by atomic mass is 10.1. The molecule has 3 heterocycles. The van der Waals surface area contributed by atoms with Crippen LogP contribution < -0.4 is 5.56 Å². The summed E-state index contributed by atoms with van der Waals surface area (Å²) >= 11 is 2.88. The highest BCUT2D eigenvalue weighted by atomic mass is 32.1. The van der Waals surface area contributed by atoms with Crippen molar-refractivity contribution in [3.05, 3.63) is 74.7 Å². The van der Waals surface area contributed by atoms with Crippen molar-refractivity contribution in [1.82, 2.24) is 9.55 Å². The Morgan fingerprint density at radius 2 is 2.17 bits per heavy atom. The molecule has 0 spiro atoms. The fraction of sp³-hybridized carbons (Fsp3) is 0.100. The molecule has 0 saturated carbocycles. The van der Waals surface area contributed by atoms with Gasteiger partial charge in [0.25, 0.3) is 5.56 Å². The van der Waals surface area contributed by atoms with Crippen LogP contribution in [0.15, 0.2) is 52.2 Å². The minimum atomic E-state index is -0.706. The number of benzene rings is 1. The molecule has 1 aromatic carbocycles. The molecule has 0 aliphatic carbocycles. The van der Waals surface area contributed by atoms with Crippen molar-refractivity contribution in [2.75, 3.05) is 0 Å². The first-order chi connectivity index (χ1) is 14.1. The molecule has 9 heteroatoms. The van der Waals surface area contributed by atoms with Crippen LogP contribution in [0, 0.1) is 17.1 Å². The van der Waals surface area contributed by atoms with Gasteiger partial charge in [-0.25, -0.2) is 9.37 Å². The van der Waals surface area contributed by atoms with E-state index >= 15 is 0 Å². The van der Waals surface area contributed by atoms with E-state index in [4.69, 9.17) is 10.00 Å². The molecule has 3 aromatic heterocycles. The van der Waals surface area contributed by atoms with Crippen LogP contribution in [-0.4, -0.2) is 15.5 Å². The smallest absolute Gasteiger partial charge is 0.326 e. The summed E-state index contributed by atoms with van der Waals surface area (Å²) in [5, 5.41) is 13.1. The molecule has 0 N–H and O–H groups in total. The maximum absolute atomic E-state index is 13.8. The van der Waals surface area contributed by atoms with Gasteiger partial charge in [-0.2, -0.15) is 5.26 Å². The number of carbonyl (C=O) groups excluding carboxylic acids is 1. The van der Waals surface area contributed by atoms with Crippen molar-refractivity contribution in [2.45, 2.75) is 13.2 Å². The number of carbonyl (C=O) groups is 1. The van der Waals surface area contributed by atoms with Gasteiger partial charge in [-0.05, 0) is 29.6 Å². The van der Waals surface area contributed by atoms with Gasteiger partial charge in [0.1, 0.15) is 23.8 Å². The van der Waals surface area contributed by atoms with Crippen molar-refractivity contribution >= 4 is 38.9 Å². The third kappa shape index (κ3) is 3.81. The Morgan fingerprint density at radius 1 is 1.31 bits per heavy atom. The summed E-state index contributed by atoms with van der Waals surface area (Å²) < 4.78 is 20.1. The predicted octanol–water partition coefficient (Wildman–Crippen LogP) is 3.94. The third-order valence-corrected chi connectivity index (χ3v) is 6.00. The molecule has 0 saturated heterocycles. The van der Waals surface area contributed by atoms with Crippen LogP contribution in [-0.2, 0) is 22.7 Å². The number of nitriles is 1. The molecule has 4 rings (SSSR count). The topological polar surface area (TPSA) is 85.0 Å². The van der Waals surface area contributed by atoms with Crippen LogP contribution in [0.4, 0.5) is 4.39 Å². The van der Waals surface area contributed by atoms with Crippen LogP contribution in [0.1, 0.15) is 11.1 Å². The zero-order chi connectivity index (χ0) is 20.4. The van der Waals surface area contributed by atoms with Gasteiger partial charge in [0, 0.05) is 21.4 Å². The number of ether oxygens (including phenoxy) is 1. The number of halogens is 1. The number of fused-ring (bicyclic) bond motifs is 1. The number of hydrogen-bond acceptors (Lipinski definition) is 7. The van der Waals surface area contributed by atoms with Gasteiger partial charge in [-0.1, -0.05) is 6.07 Å². The average molecular weight is 425 g/mol. The highest BCUT2D eigenvalue weighted by molar-refractivity contribution is 7.18. The highest BCUT2D eigenvalue weighted by Gasteiger charge is 2.16. The number of nitrogens with zero attached hydrogens (tertiary/aromatic N) is 3. The van der Waals surface area contributed by atoms with Crippen LogP contribution in [0.25, 0.3) is 20.7 Å². The Labute approximate surface area is 172 Å². The second-order valence-corrected chi connectivity index (χ2v) is 7.87. The Hall–Kier alpha value is -3.35. The van der Waals surface area contributed by atoms with E-state index in [9.17, 15) is 14.0 Å². The Balaban J connectivity index is 1.54. The maximum atomic E-state index is 13.8. The Bertz CT molecular complexity index is 1300. The van der Waals surface area contributed by atoms with E-state index in [-0.39, 0.29) is 29.8 Å². The lowest BCUT2D eigenvalue weighted by Gasteiger charge is -2.08. The highest BCUT2D eigenvalue weighted by Crippen LogP contribution is 2.33. The minimum Gasteiger partial charge on any atom is -0.459 e. The molecule has 0 radical (unpaired) electrons. The van der Waals surface area contributed by atoms with Gasteiger partial charge in [0.2, 0.25) is 0 Å². The van der Waals surface area contributed by atoms with Gasteiger partial charge in [-0.3, -0.25) is 14.2 Å². The minimum absolute atomic E-state index is 0.0936. The first kappa shape index (κ1) is 19.0. The molecule has 0 aliphatic rings. The van der Waals surface area contributed by atoms with Crippen molar-refractivity contribution in [3.63, 3.8) is 0 Å². The molecule has 0 bridgehead atoms. The maximum Gasteiger partial charge on any atom is 0.326 e. The fourth-order valence-corrected chi connectivity index (χ4v) is 4.51. The van der Waals surface area contributed by atoms with E-state index in [1.807, 2.05) is 29.0 Å². The molecule has 144 valence electrons. The largest absolute Gasteiger partial charge is 0.459 e. The molecule has 29 heavy (non-hydrogen) atoms. The summed E-state index contributed by atoms with van der Waals surface area (Å²) in [4.78, 5) is 30.9. The summed E-state index contributed by atoms with van der Waals surface area (Å²) in [6.45, 7) is -0.676. The van der Waals surface area contributed by atoms with Crippen LogP contribution in [0.2, 0.25) is 0 Å². The van der Waals surface area contributed by atoms with Gasteiger partial charge < -0.3 is 4.74 Å². The monoisotopic (exact) mass is 425 g/mol. The molecule has 0 unspecified atom stereocenters. The van der Waals surface area contributed by atoms with E-state index < -0.39 is 11.8 Å². The molecule has 4 aromatic rings. The van der Waals surface area contributed by atoms with E-state index in [0.29, 0.717) is 10.2 Å². The number of thiophene rings is 2. The molecule has 0 fully saturated rings. The summed E-state index contributed by atoms with van der Waals surface area (Å²) in [7, 11) is 0. The quantitative estimate of drug-likeness (QED) is 0.452. The van der Waals surface area contributed by atoms with Crippen LogP contribution in [0.5, 0.6) is 0 Å². The number of esters is 1. The average Bonchev–Trinajstić information content (AvgIpc) is 3.39. The number of hydrogen-bond donors (Lipinski definition) is 0. The Kier molecular flexibility index (Phi) is 5.20. The lowest BCUT2D eigenvalue weighted by molar-refractivity contribution is -0.145. The Morgan fingerprint density at radius 3 is 2.93 bits per heavy atom. The summed E-state index contributed by atoms with van der Waals surface area (Å²) in [5.74, 6) is -1.28. The van der Waals surface area contributed by atoms with Crippen LogP contribution in [0.3, 0.4) is 0 Å². The van der Waals surface area contributed by atoms with Crippen molar-refractivity contribution in [2.24, 2.45) is 0 Å². The molecule has 6 nitrogen and oxygen atoms in total. The van der Waals surface area contributed by atoms with E-state index in [0.717, 1.165) is 16.5 Å². The van der Waals surface area contributed by atoms with Gasteiger partial charge >= 0.3 is 5.97 Å². The zero-order valence-electron chi connectivity index (χ0n) is 14.8. The standard InChI is InChI=1S/C20H12FN3O3S2/c21-15-4-3-12(7-22)6-13(15)9-27-17(25)8-24-11-23-19-18(20(24)26)14(10-29-19)16-2-1-5-28-16/h1-6,10-11H,8-9H2. The van der Waals surface area contributed by atoms with E-state index in [1.54, 1.807) is 0 Å².